The van der Waals surface area contributed by atoms with E-state index in [1.807, 2.05) is 18.2 Å². The largest absolute Gasteiger partial charge is 0.573 e. The quantitative estimate of drug-likeness (QED) is 0.847. The third-order valence-corrected chi connectivity index (χ3v) is 3.84. The number of aromatic nitrogens is 1. The van der Waals surface area contributed by atoms with Crippen molar-refractivity contribution < 1.29 is 17.9 Å². The van der Waals surface area contributed by atoms with Crippen LogP contribution in [0.4, 0.5) is 19.0 Å². The summed E-state index contributed by atoms with van der Waals surface area (Å²) >= 11 is 0. The molecule has 0 spiro atoms. The lowest BCUT2D eigenvalue weighted by Gasteiger charge is -2.32. The summed E-state index contributed by atoms with van der Waals surface area (Å²) in [5, 5.41) is 0. The number of pyridine rings is 1. The van der Waals surface area contributed by atoms with Gasteiger partial charge in [-0.1, -0.05) is 18.2 Å². The van der Waals surface area contributed by atoms with Crippen LogP contribution in [0.15, 0.2) is 48.7 Å². The molecule has 0 N–H and O–H groups in total. The van der Waals surface area contributed by atoms with Crippen LogP contribution in [0.2, 0.25) is 0 Å². The van der Waals surface area contributed by atoms with Gasteiger partial charge in [-0.3, -0.25) is 0 Å². The van der Waals surface area contributed by atoms with Crippen molar-refractivity contribution in [2.24, 2.45) is 0 Å². The van der Waals surface area contributed by atoms with Gasteiger partial charge in [-0.2, -0.15) is 0 Å². The maximum Gasteiger partial charge on any atom is 0.573 e. The van der Waals surface area contributed by atoms with Gasteiger partial charge in [0.05, 0.1) is 0 Å². The molecule has 2 aromatic rings. The number of rotatable bonds is 3. The summed E-state index contributed by atoms with van der Waals surface area (Å²) in [4.78, 5) is 6.55. The Balaban J connectivity index is 1.59. The van der Waals surface area contributed by atoms with Crippen LogP contribution in [-0.4, -0.2) is 24.4 Å². The lowest BCUT2D eigenvalue weighted by Crippen LogP contribution is -2.33. The SMILES string of the molecule is FC(F)(F)Oc1ccc([C]2CCN(c3ccccn3)CC2)cc1. The number of anilines is 1. The Bertz CT molecular complexity index is 621. The summed E-state index contributed by atoms with van der Waals surface area (Å²) in [5.41, 5.74) is 0.972. The Morgan fingerprint density at radius 2 is 1.65 bits per heavy atom. The first-order valence-corrected chi connectivity index (χ1v) is 7.38. The summed E-state index contributed by atoms with van der Waals surface area (Å²) in [6.07, 6.45) is -1.14. The molecule has 1 aliphatic heterocycles. The summed E-state index contributed by atoms with van der Waals surface area (Å²) in [6.45, 7) is 1.71. The third kappa shape index (κ3) is 4.15. The molecule has 3 nitrogen and oxygen atoms in total. The van der Waals surface area contributed by atoms with E-state index in [4.69, 9.17) is 0 Å². The Labute approximate surface area is 132 Å². The zero-order chi connectivity index (χ0) is 16.3. The molecule has 1 aromatic carbocycles. The van der Waals surface area contributed by atoms with Crippen molar-refractivity contribution in [1.29, 1.82) is 0 Å². The van der Waals surface area contributed by atoms with Gasteiger partial charge in [-0.05, 0) is 42.7 Å². The molecule has 2 heterocycles. The number of piperidine rings is 1. The van der Waals surface area contributed by atoms with Crippen LogP contribution in [0.25, 0.3) is 0 Å². The average molecular weight is 321 g/mol. The van der Waals surface area contributed by atoms with Crippen molar-refractivity contribution in [1.82, 2.24) is 4.98 Å². The Morgan fingerprint density at radius 1 is 0.957 bits per heavy atom. The molecule has 1 aromatic heterocycles. The minimum absolute atomic E-state index is 0.187. The maximum absolute atomic E-state index is 12.2. The first-order chi connectivity index (χ1) is 11.0. The van der Waals surface area contributed by atoms with E-state index in [1.165, 1.54) is 18.1 Å². The highest BCUT2D eigenvalue weighted by Crippen LogP contribution is 2.31. The fourth-order valence-electron chi connectivity index (χ4n) is 2.73. The van der Waals surface area contributed by atoms with Gasteiger partial charge in [0, 0.05) is 25.2 Å². The van der Waals surface area contributed by atoms with Crippen molar-refractivity contribution in [3.05, 3.63) is 60.1 Å². The second kappa shape index (κ2) is 6.48. The molecule has 3 rings (SSSR count). The molecule has 0 aliphatic carbocycles. The molecule has 1 saturated heterocycles. The monoisotopic (exact) mass is 321 g/mol. The van der Waals surface area contributed by atoms with Gasteiger partial charge in [0.15, 0.2) is 0 Å². The van der Waals surface area contributed by atoms with Gasteiger partial charge in [0.25, 0.3) is 0 Å². The summed E-state index contributed by atoms with van der Waals surface area (Å²) < 4.78 is 40.4. The smallest absolute Gasteiger partial charge is 0.406 e. The predicted molar refractivity (Wildman–Crippen MR) is 81.2 cm³/mol. The van der Waals surface area contributed by atoms with E-state index in [2.05, 4.69) is 14.6 Å². The second-order valence-electron chi connectivity index (χ2n) is 5.35. The molecule has 0 saturated carbocycles. The number of benzene rings is 1. The molecule has 0 unspecified atom stereocenters. The normalized spacial score (nSPS) is 16.4. The topological polar surface area (TPSA) is 25.4 Å². The van der Waals surface area contributed by atoms with Crippen LogP contribution in [0.1, 0.15) is 18.4 Å². The zero-order valence-corrected chi connectivity index (χ0v) is 12.4. The maximum atomic E-state index is 12.2. The highest BCUT2D eigenvalue weighted by Gasteiger charge is 2.31. The molecule has 0 bridgehead atoms. The Morgan fingerprint density at radius 3 is 2.22 bits per heavy atom. The number of alkyl halides is 3. The van der Waals surface area contributed by atoms with Crippen LogP contribution < -0.4 is 9.64 Å². The summed E-state index contributed by atoms with van der Waals surface area (Å²) in [5.74, 6) is 2.02. The van der Waals surface area contributed by atoms with Crippen LogP contribution in [0.3, 0.4) is 0 Å². The standard InChI is InChI=1S/C17H16F3N2O/c18-17(19,20)23-15-6-4-13(5-7-15)14-8-11-22(12-9-14)16-3-1-2-10-21-16/h1-7,10H,8-9,11-12H2. The van der Waals surface area contributed by atoms with E-state index >= 15 is 0 Å². The Hall–Kier alpha value is -2.24. The van der Waals surface area contributed by atoms with Crippen LogP contribution in [0, 0.1) is 5.92 Å². The van der Waals surface area contributed by atoms with Gasteiger partial charge in [0.2, 0.25) is 0 Å². The van der Waals surface area contributed by atoms with E-state index in [0.29, 0.717) is 0 Å². The highest BCUT2D eigenvalue weighted by atomic mass is 19.4. The third-order valence-electron chi connectivity index (χ3n) is 3.84. The van der Waals surface area contributed by atoms with E-state index in [0.717, 1.165) is 37.3 Å². The van der Waals surface area contributed by atoms with Gasteiger partial charge in [0.1, 0.15) is 11.6 Å². The van der Waals surface area contributed by atoms with E-state index in [9.17, 15) is 13.2 Å². The van der Waals surface area contributed by atoms with Crippen molar-refractivity contribution in [2.45, 2.75) is 19.2 Å². The van der Waals surface area contributed by atoms with Gasteiger partial charge in [-0.15, -0.1) is 13.2 Å². The fourth-order valence-corrected chi connectivity index (χ4v) is 2.73. The van der Waals surface area contributed by atoms with Gasteiger partial charge >= 0.3 is 6.36 Å². The molecule has 1 fully saturated rings. The molecule has 6 heteroatoms. The number of nitrogens with zero attached hydrogens (tertiary/aromatic N) is 2. The van der Waals surface area contributed by atoms with Crippen LogP contribution >= 0.6 is 0 Å². The average Bonchev–Trinajstić information content (AvgIpc) is 2.55. The lowest BCUT2D eigenvalue weighted by molar-refractivity contribution is -0.274. The molecule has 121 valence electrons. The van der Waals surface area contributed by atoms with Crippen LogP contribution in [-0.2, 0) is 0 Å². The minimum atomic E-state index is -4.65. The molecule has 0 amide bonds. The lowest BCUT2D eigenvalue weighted by atomic mass is 9.89. The molecule has 23 heavy (non-hydrogen) atoms. The highest BCUT2D eigenvalue weighted by molar-refractivity contribution is 5.42. The summed E-state index contributed by atoms with van der Waals surface area (Å²) in [6, 6.07) is 11.9. The first kappa shape index (κ1) is 15.6. The van der Waals surface area contributed by atoms with Crippen molar-refractivity contribution in [3.63, 3.8) is 0 Å². The molecule has 1 radical (unpaired) electrons. The van der Waals surface area contributed by atoms with E-state index in [-0.39, 0.29) is 5.75 Å². The molecular weight excluding hydrogens is 305 g/mol. The van der Waals surface area contributed by atoms with Gasteiger partial charge in [-0.25, -0.2) is 4.98 Å². The van der Waals surface area contributed by atoms with Crippen molar-refractivity contribution >= 4 is 5.82 Å². The minimum Gasteiger partial charge on any atom is -0.406 e. The Kier molecular flexibility index (Phi) is 4.41. The van der Waals surface area contributed by atoms with E-state index < -0.39 is 6.36 Å². The number of ether oxygens (including phenoxy) is 1. The van der Waals surface area contributed by atoms with Crippen molar-refractivity contribution in [2.75, 3.05) is 18.0 Å². The molecular formula is C17H16F3N2O. The number of hydrogen-bond acceptors (Lipinski definition) is 3. The first-order valence-electron chi connectivity index (χ1n) is 7.38. The predicted octanol–water partition coefficient (Wildman–Crippen LogP) is 4.20. The molecule has 1 aliphatic rings. The van der Waals surface area contributed by atoms with E-state index in [1.54, 1.807) is 18.3 Å². The van der Waals surface area contributed by atoms with Crippen molar-refractivity contribution in [3.8, 4) is 5.75 Å². The number of hydrogen-bond donors (Lipinski definition) is 0. The fraction of sp³-hybridized carbons (Fsp3) is 0.294. The number of halogens is 3. The zero-order valence-electron chi connectivity index (χ0n) is 12.4. The molecule has 0 atom stereocenters. The summed E-state index contributed by atoms with van der Waals surface area (Å²) in [7, 11) is 0. The van der Waals surface area contributed by atoms with Crippen LogP contribution in [0.5, 0.6) is 5.75 Å². The second-order valence-corrected chi connectivity index (χ2v) is 5.35. The van der Waals surface area contributed by atoms with Gasteiger partial charge < -0.3 is 9.64 Å².